The molecule has 0 saturated heterocycles. The van der Waals surface area contributed by atoms with Crippen molar-refractivity contribution in [2.24, 2.45) is 5.73 Å². The quantitative estimate of drug-likeness (QED) is 0.687. The van der Waals surface area contributed by atoms with Crippen molar-refractivity contribution in [1.29, 1.82) is 0 Å². The summed E-state index contributed by atoms with van der Waals surface area (Å²) in [6, 6.07) is 8.88. The van der Waals surface area contributed by atoms with Crippen molar-refractivity contribution >= 4 is 17.3 Å². The third-order valence-corrected chi connectivity index (χ3v) is 3.13. The maximum atomic E-state index is 5.41. The zero-order valence-electron chi connectivity index (χ0n) is 9.20. The average Bonchev–Trinajstić information content (AvgIpc) is 2.70. The molecular formula is C12H17N3S. The minimum atomic E-state index is 0.356. The molecule has 4 N–H and O–H groups in total. The first-order valence-corrected chi connectivity index (χ1v) is 6.04. The van der Waals surface area contributed by atoms with E-state index in [9.17, 15) is 0 Å². The lowest BCUT2D eigenvalue weighted by Crippen LogP contribution is -2.39. The molecule has 3 nitrogen and oxygen atoms in total. The molecule has 0 radical (unpaired) electrons. The summed E-state index contributed by atoms with van der Waals surface area (Å²) >= 11 is 5.21. The second-order valence-electron chi connectivity index (χ2n) is 3.98. The topological polar surface area (TPSA) is 50.1 Å². The van der Waals surface area contributed by atoms with E-state index >= 15 is 0 Å². The number of nitrogens with one attached hydrogen (secondary N) is 2. The summed E-state index contributed by atoms with van der Waals surface area (Å²) in [6.07, 6.45) is 2.25. The predicted octanol–water partition coefficient (Wildman–Crippen LogP) is 1.10. The molecule has 0 spiro atoms. The summed E-state index contributed by atoms with van der Waals surface area (Å²) in [5.41, 5.74) is 8.22. The highest BCUT2D eigenvalue weighted by atomic mass is 32.1. The van der Waals surface area contributed by atoms with E-state index in [1.54, 1.807) is 0 Å². The van der Waals surface area contributed by atoms with E-state index in [1.165, 1.54) is 11.1 Å². The van der Waals surface area contributed by atoms with Gasteiger partial charge in [0.15, 0.2) is 5.11 Å². The number of nitrogens with two attached hydrogens (primary N) is 1. The SMILES string of the molecule is NCCNC(=S)NC1CCc2ccccc21. The molecule has 86 valence electrons. The Morgan fingerprint density at radius 2 is 2.25 bits per heavy atom. The van der Waals surface area contributed by atoms with Crippen molar-refractivity contribution in [2.75, 3.05) is 13.1 Å². The Labute approximate surface area is 101 Å². The van der Waals surface area contributed by atoms with Crippen molar-refractivity contribution in [3.05, 3.63) is 35.4 Å². The molecule has 0 aromatic heterocycles. The summed E-state index contributed by atoms with van der Waals surface area (Å²) < 4.78 is 0. The number of rotatable bonds is 3. The van der Waals surface area contributed by atoms with Gasteiger partial charge in [0.25, 0.3) is 0 Å². The Bertz CT molecular complexity index is 378. The molecule has 1 aromatic carbocycles. The monoisotopic (exact) mass is 235 g/mol. The van der Waals surface area contributed by atoms with Crippen LogP contribution in [0.2, 0.25) is 0 Å². The zero-order valence-corrected chi connectivity index (χ0v) is 10.0. The number of hydrogen-bond donors (Lipinski definition) is 3. The molecule has 1 unspecified atom stereocenters. The third kappa shape index (κ3) is 2.51. The summed E-state index contributed by atoms with van der Waals surface area (Å²) in [4.78, 5) is 0. The molecule has 0 aliphatic heterocycles. The summed E-state index contributed by atoms with van der Waals surface area (Å²) in [5.74, 6) is 0. The highest BCUT2D eigenvalue weighted by molar-refractivity contribution is 7.80. The first kappa shape index (κ1) is 11.4. The van der Waals surface area contributed by atoms with Crippen LogP contribution in [0.25, 0.3) is 0 Å². The van der Waals surface area contributed by atoms with Gasteiger partial charge >= 0.3 is 0 Å². The van der Waals surface area contributed by atoms with Gasteiger partial charge in [-0.1, -0.05) is 24.3 Å². The van der Waals surface area contributed by atoms with Crippen LogP contribution in [-0.4, -0.2) is 18.2 Å². The number of benzene rings is 1. The van der Waals surface area contributed by atoms with Crippen LogP contribution < -0.4 is 16.4 Å². The van der Waals surface area contributed by atoms with Gasteiger partial charge in [0.05, 0.1) is 6.04 Å². The fraction of sp³-hybridized carbons (Fsp3) is 0.417. The Kier molecular flexibility index (Phi) is 3.74. The molecular weight excluding hydrogens is 218 g/mol. The van der Waals surface area contributed by atoms with Gasteiger partial charge in [0, 0.05) is 13.1 Å². The van der Waals surface area contributed by atoms with Gasteiger partial charge in [0.2, 0.25) is 0 Å². The maximum Gasteiger partial charge on any atom is 0.166 e. The number of fused-ring (bicyclic) bond motifs is 1. The van der Waals surface area contributed by atoms with E-state index in [2.05, 4.69) is 34.9 Å². The number of aryl methyl sites for hydroxylation is 1. The van der Waals surface area contributed by atoms with Crippen LogP contribution in [0.3, 0.4) is 0 Å². The van der Waals surface area contributed by atoms with Crippen LogP contribution in [-0.2, 0) is 6.42 Å². The van der Waals surface area contributed by atoms with Gasteiger partial charge in [-0.3, -0.25) is 0 Å². The smallest absolute Gasteiger partial charge is 0.166 e. The highest BCUT2D eigenvalue weighted by Gasteiger charge is 2.21. The van der Waals surface area contributed by atoms with Crippen LogP contribution in [0.15, 0.2) is 24.3 Å². The molecule has 0 heterocycles. The molecule has 4 heteroatoms. The Hall–Kier alpha value is -1.13. The van der Waals surface area contributed by atoms with E-state index in [0.29, 0.717) is 17.7 Å². The zero-order chi connectivity index (χ0) is 11.4. The molecule has 0 fully saturated rings. The lowest BCUT2D eigenvalue weighted by Gasteiger charge is -2.16. The average molecular weight is 235 g/mol. The fourth-order valence-corrected chi connectivity index (χ4v) is 2.35. The molecule has 0 amide bonds. The number of thiocarbonyl (C=S) groups is 1. The molecule has 0 bridgehead atoms. The maximum absolute atomic E-state index is 5.41. The van der Waals surface area contributed by atoms with Crippen molar-refractivity contribution in [3.63, 3.8) is 0 Å². The van der Waals surface area contributed by atoms with Gasteiger partial charge in [-0.15, -0.1) is 0 Å². The molecule has 16 heavy (non-hydrogen) atoms. The van der Waals surface area contributed by atoms with Crippen LogP contribution in [0.1, 0.15) is 23.6 Å². The van der Waals surface area contributed by atoms with E-state index in [-0.39, 0.29) is 0 Å². The van der Waals surface area contributed by atoms with Crippen LogP contribution in [0, 0.1) is 0 Å². The van der Waals surface area contributed by atoms with Crippen molar-refractivity contribution in [1.82, 2.24) is 10.6 Å². The highest BCUT2D eigenvalue weighted by Crippen LogP contribution is 2.30. The minimum Gasteiger partial charge on any atom is -0.361 e. The van der Waals surface area contributed by atoms with Gasteiger partial charge < -0.3 is 16.4 Å². The summed E-state index contributed by atoms with van der Waals surface area (Å²) in [6.45, 7) is 1.32. The Morgan fingerprint density at radius 3 is 3.06 bits per heavy atom. The van der Waals surface area contributed by atoms with Gasteiger partial charge in [-0.05, 0) is 36.2 Å². The van der Waals surface area contributed by atoms with Crippen LogP contribution in [0.5, 0.6) is 0 Å². The fourth-order valence-electron chi connectivity index (χ4n) is 2.10. The summed E-state index contributed by atoms with van der Waals surface area (Å²) in [7, 11) is 0. The molecule has 1 aromatic rings. The predicted molar refractivity (Wildman–Crippen MR) is 70.3 cm³/mol. The molecule has 2 rings (SSSR count). The standard InChI is InChI=1S/C12H17N3S/c13-7-8-14-12(16)15-11-6-5-9-3-1-2-4-10(9)11/h1-4,11H,5-8,13H2,(H2,14,15,16). The van der Waals surface area contributed by atoms with E-state index in [1.807, 2.05) is 0 Å². The lowest BCUT2D eigenvalue weighted by molar-refractivity contribution is 0.630. The molecule has 1 atom stereocenters. The Balaban J connectivity index is 1.95. The van der Waals surface area contributed by atoms with E-state index < -0.39 is 0 Å². The minimum absolute atomic E-state index is 0.356. The van der Waals surface area contributed by atoms with Gasteiger partial charge in [-0.2, -0.15) is 0 Å². The van der Waals surface area contributed by atoms with Gasteiger partial charge in [0.1, 0.15) is 0 Å². The van der Waals surface area contributed by atoms with Crippen molar-refractivity contribution in [2.45, 2.75) is 18.9 Å². The van der Waals surface area contributed by atoms with Gasteiger partial charge in [-0.25, -0.2) is 0 Å². The number of hydrogen-bond acceptors (Lipinski definition) is 2. The second kappa shape index (κ2) is 5.27. The van der Waals surface area contributed by atoms with Crippen molar-refractivity contribution in [3.8, 4) is 0 Å². The summed E-state index contributed by atoms with van der Waals surface area (Å²) in [5, 5.41) is 7.12. The normalized spacial score (nSPS) is 17.9. The third-order valence-electron chi connectivity index (χ3n) is 2.87. The van der Waals surface area contributed by atoms with Crippen molar-refractivity contribution < 1.29 is 0 Å². The van der Waals surface area contributed by atoms with Crippen LogP contribution in [0.4, 0.5) is 0 Å². The Morgan fingerprint density at radius 1 is 1.44 bits per heavy atom. The first-order chi connectivity index (χ1) is 7.81. The largest absolute Gasteiger partial charge is 0.361 e. The first-order valence-electron chi connectivity index (χ1n) is 5.63. The second-order valence-corrected chi connectivity index (χ2v) is 4.39. The lowest BCUT2D eigenvalue weighted by atomic mass is 10.1. The van der Waals surface area contributed by atoms with E-state index in [0.717, 1.165) is 19.4 Å². The molecule has 0 saturated carbocycles. The molecule has 1 aliphatic rings. The van der Waals surface area contributed by atoms with Crippen LogP contribution >= 0.6 is 12.2 Å². The van der Waals surface area contributed by atoms with E-state index in [4.69, 9.17) is 18.0 Å². The molecule has 1 aliphatic carbocycles.